The Morgan fingerprint density at radius 1 is 0.786 bits per heavy atom. The highest BCUT2D eigenvalue weighted by Gasteiger charge is 2.14. The summed E-state index contributed by atoms with van der Waals surface area (Å²) >= 11 is 0. The fraction of sp³-hybridized carbons (Fsp3) is 0.208. The molecule has 3 aromatic carbocycles. The van der Waals surface area contributed by atoms with Gasteiger partial charge in [0.15, 0.2) is 0 Å². The van der Waals surface area contributed by atoms with Gasteiger partial charge in [-0.2, -0.15) is 0 Å². The minimum absolute atomic E-state index is 0.744. The quantitative estimate of drug-likeness (QED) is 0.278. The second kappa shape index (κ2) is 11.4. The molecule has 0 heterocycles. The zero-order valence-corrected chi connectivity index (χ0v) is 17.1. The molecule has 3 nitrogen and oxygen atoms in total. The van der Waals surface area contributed by atoms with Crippen LogP contribution >= 0.6 is 8.15 Å². The van der Waals surface area contributed by atoms with Crippen LogP contribution in [0.4, 0.5) is 0 Å². The Hall–Kier alpha value is -2.48. The highest BCUT2D eigenvalue weighted by atomic mass is 31.1. The van der Waals surface area contributed by atoms with Gasteiger partial charge in [-0.3, -0.25) is 4.99 Å². The van der Waals surface area contributed by atoms with E-state index in [1.165, 1.54) is 10.6 Å². The van der Waals surface area contributed by atoms with Gasteiger partial charge in [-0.1, -0.05) is 60.7 Å². The molecule has 0 aliphatic heterocycles. The molecule has 0 amide bonds. The van der Waals surface area contributed by atoms with Gasteiger partial charge in [-0.25, -0.2) is 0 Å². The summed E-state index contributed by atoms with van der Waals surface area (Å²) in [7, 11) is 0.907. The van der Waals surface area contributed by atoms with Crippen molar-refractivity contribution in [2.24, 2.45) is 4.99 Å². The van der Waals surface area contributed by atoms with E-state index in [9.17, 15) is 0 Å². The summed E-state index contributed by atoms with van der Waals surface area (Å²) < 4.78 is 11.5. The number of benzene rings is 3. The largest absolute Gasteiger partial charge is 0.497 e. The van der Waals surface area contributed by atoms with Gasteiger partial charge in [0.1, 0.15) is 5.75 Å². The molecule has 0 atom stereocenters. The zero-order chi connectivity index (χ0) is 19.4. The first-order chi connectivity index (χ1) is 13.9. The molecule has 0 aromatic heterocycles. The fourth-order valence-electron chi connectivity index (χ4n) is 2.75. The normalized spacial score (nSPS) is 11.2. The molecule has 0 fully saturated rings. The fourth-order valence-corrected chi connectivity index (χ4v) is 4.54. The maximum atomic E-state index is 6.30. The van der Waals surface area contributed by atoms with Gasteiger partial charge in [-0.15, -0.1) is 0 Å². The van der Waals surface area contributed by atoms with Crippen LogP contribution in [0.25, 0.3) is 0 Å². The minimum atomic E-state index is -0.767. The van der Waals surface area contributed by atoms with E-state index in [-0.39, 0.29) is 0 Å². The van der Waals surface area contributed by atoms with E-state index in [1.807, 2.05) is 42.6 Å². The SMILES string of the molecule is COc1ccc(C=NCCCCOP(c2ccccc2)c2ccccc2)cc1. The van der Waals surface area contributed by atoms with E-state index in [4.69, 9.17) is 9.26 Å². The Balaban J connectivity index is 1.45. The number of rotatable bonds is 10. The first-order valence-corrected chi connectivity index (χ1v) is 10.8. The lowest BCUT2D eigenvalue weighted by atomic mass is 10.2. The highest BCUT2D eigenvalue weighted by Crippen LogP contribution is 2.34. The van der Waals surface area contributed by atoms with Crippen molar-refractivity contribution in [2.75, 3.05) is 20.3 Å². The molecule has 0 N–H and O–H groups in total. The van der Waals surface area contributed by atoms with Gasteiger partial charge in [0, 0.05) is 23.4 Å². The van der Waals surface area contributed by atoms with Crippen molar-refractivity contribution in [3.05, 3.63) is 90.5 Å². The maximum Gasteiger partial charge on any atom is 0.118 e. The van der Waals surface area contributed by atoms with Crippen molar-refractivity contribution >= 4 is 25.0 Å². The molecule has 0 radical (unpaired) electrons. The Kier molecular flexibility index (Phi) is 8.24. The lowest BCUT2D eigenvalue weighted by Gasteiger charge is -2.18. The van der Waals surface area contributed by atoms with Gasteiger partial charge in [0.2, 0.25) is 0 Å². The van der Waals surface area contributed by atoms with Crippen molar-refractivity contribution in [1.82, 2.24) is 0 Å². The Bertz CT molecular complexity index is 796. The number of methoxy groups -OCH3 is 1. The summed E-state index contributed by atoms with van der Waals surface area (Å²) in [5.41, 5.74) is 1.09. The van der Waals surface area contributed by atoms with Crippen molar-refractivity contribution in [3.63, 3.8) is 0 Å². The average molecular weight is 391 g/mol. The number of hydrogen-bond acceptors (Lipinski definition) is 3. The van der Waals surface area contributed by atoms with Gasteiger partial charge in [-0.05, 0) is 42.7 Å². The van der Waals surface area contributed by atoms with E-state index >= 15 is 0 Å². The Morgan fingerprint density at radius 2 is 1.39 bits per heavy atom. The molecule has 0 aliphatic rings. The van der Waals surface area contributed by atoms with Crippen molar-refractivity contribution in [1.29, 1.82) is 0 Å². The summed E-state index contributed by atoms with van der Waals surface area (Å²) in [5, 5.41) is 2.50. The Morgan fingerprint density at radius 3 is 1.96 bits per heavy atom. The van der Waals surface area contributed by atoms with Crippen LogP contribution in [0.1, 0.15) is 18.4 Å². The number of hydrogen-bond donors (Lipinski definition) is 0. The number of unbranched alkanes of at least 4 members (excludes halogenated alkanes) is 1. The predicted octanol–water partition coefficient (Wildman–Crippen LogP) is 4.96. The lowest BCUT2D eigenvalue weighted by Crippen LogP contribution is -2.14. The van der Waals surface area contributed by atoms with Gasteiger partial charge in [0.25, 0.3) is 0 Å². The topological polar surface area (TPSA) is 30.8 Å². The summed E-state index contributed by atoms with van der Waals surface area (Å²) in [6, 6.07) is 28.9. The van der Waals surface area contributed by atoms with Crippen LogP contribution in [0.2, 0.25) is 0 Å². The van der Waals surface area contributed by atoms with Crippen molar-refractivity contribution in [2.45, 2.75) is 12.8 Å². The third-order valence-corrected chi connectivity index (χ3v) is 6.21. The van der Waals surface area contributed by atoms with Gasteiger partial charge >= 0.3 is 0 Å². The molecule has 4 heteroatoms. The van der Waals surface area contributed by atoms with Crippen LogP contribution in [-0.4, -0.2) is 26.5 Å². The maximum absolute atomic E-state index is 6.30. The van der Waals surface area contributed by atoms with Crippen LogP contribution in [0.15, 0.2) is 89.9 Å². The predicted molar refractivity (Wildman–Crippen MR) is 120 cm³/mol. The summed E-state index contributed by atoms with van der Waals surface area (Å²) in [6.07, 6.45) is 3.93. The molecule has 0 bridgehead atoms. The lowest BCUT2D eigenvalue weighted by molar-refractivity contribution is 0.348. The molecule has 0 unspecified atom stereocenters. The summed E-state index contributed by atoms with van der Waals surface area (Å²) in [6.45, 7) is 1.55. The monoisotopic (exact) mass is 391 g/mol. The van der Waals surface area contributed by atoms with E-state index in [1.54, 1.807) is 7.11 Å². The molecule has 28 heavy (non-hydrogen) atoms. The smallest absolute Gasteiger partial charge is 0.118 e. The minimum Gasteiger partial charge on any atom is -0.497 e. The van der Waals surface area contributed by atoms with E-state index < -0.39 is 8.15 Å². The van der Waals surface area contributed by atoms with E-state index in [0.29, 0.717) is 0 Å². The zero-order valence-electron chi connectivity index (χ0n) is 16.2. The van der Waals surface area contributed by atoms with Crippen LogP contribution in [0.3, 0.4) is 0 Å². The van der Waals surface area contributed by atoms with Crippen molar-refractivity contribution in [3.8, 4) is 5.75 Å². The molecule has 3 aromatic rings. The van der Waals surface area contributed by atoms with E-state index in [2.05, 4.69) is 53.5 Å². The molecule has 0 aliphatic carbocycles. The first kappa shape index (κ1) is 20.3. The van der Waals surface area contributed by atoms with Crippen LogP contribution in [0.5, 0.6) is 5.75 Å². The third kappa shape index (κ3) is 6.30. The average Bonchev–Trinajstić information content (AvgIpc) is 2.77. The molecular formula is C24H26NO2P. The van der Waals surface area contributed by atoms with Crippen LogP contribution in [-0.2, 0) is 4.52 Å². The first-order valence-electron chi connectivity index (χ1n) is 9.54. The summed E-state index contributed by atoms with van der Waals surface area (Å²) in [5.74, 6) is 0.864. The number of ether oxygens (including phenoxy) is 1. The van der Waals surface area contributed by atoms with Crippen LogP contribution in [0, 0.1) is 0 Å². The number of aliphatic imine (C=N–C) groups is 1. The molecule has 144 valence electrons. The standard InChI is InChI=1S/C24H26NO2P/c1-26-22-16-14-21(15-17-22)20-25-18-8-9-19-27-28(23-10-4-2-5-11-23)24-12-6-3-7-13-24/h2-7,10-17,20H,8-9,18-19H2,1H3. The molecule has 0 saturated carbocycles. The van der Waals surface area contributed by atoms with Crippen molar-refractivity contribution < 1.29 is 9.26 Å². The molecular weight excluding hydrogens is 365 g/mol. The summed E-state index contributed by atoms with van der Waals surface area (Å²) in [4.78, 5) is 4.51. The molecule has 0 saturated heterocycles. The van der Waals surface area contributed by atoms with Crippen LogP contribution < -0.4 is 15.3 Å². The third-order valence-electron chi connectivity index (χ3n) is 4.24. The Labute approximate surface area is 168 Å². The van der Waals surface area contributed by atoms with Gasteiger partial charge < -0.3 is 9.26 Å². The highest BCUT2D eigenvalue weighted by molar-refractivity contribution is 7.68. The second-order valence-corrected chi connectivity index (χ2v) is 8.19. The molecule has 3 rings (SSSR count). The second-order valence-electron chi connectivity index (χ2n) is 6.31. The number of nitrogens with zero attached hydrogens (tertiary/aromatic N) is 1. The molecule has 0 spiro atoms. The van der Waals surface area contributed by atoms with E-state index in [0.717, 1.165) is 37.3 Å². The van der Waals surface area contributed by atoms with Gasteiger partial charge in [0.05, 0.1) is 21.9 Å².